The van der Waals surface area contributed by atoms with Gasteiger partial charge in [-0.25, -0.2) is 4.90 Å². The van der Waals surface area contributed by atoms with Gasteiger partial charge >= 0.3 is 0 Å². The SMILES string of the molecule is O=C1C[C@H](N2CCc3c([nH]c4ccccc34)C2)C(=O)N1c1ccc2c(c1)OCCO2. The lowest BCUT2D eigenvalue weighted by molar-refractivity contribution is -0.123. The number of ether oxygens (including phenoxy) is 2. The molecule has 0 spiro atoms. The van der Waals surface area contributed by atoms with Crippen molar-refractivity contribution in [2.45, 2.75) is 25.4 Å². The second kappa shape index (κ2) is 6.60. The summed E-state index contributed by atoms with van der Waals surface area (Å²) in [5, 5.41) is 1.25. The molecule has 3 aliphatic rings. The van der Waals surface area contributed by atoms with Crippen molar-refractivity contribution in [1.82, 2.24) is 9.88 Å². The Morgan fingerprint density at radius 2 is 1.83 bits per heavy atom. The van der Waals surface area contributed by atoms with Crippen LogP contribution in [-0.4, -0.2) is 47.5 Å². The topological polar surface area (TPSA) is 74.9 Å². The molecule has 1 fully saturated rings. The Labute approximate surface area is 173 Å². The summed E-state index contributed by atoms with van der Waals surface area (Å²) in [7, 11) is 0. The van der Waals surface area contributed by atoms with Crippen LogP contribution in [-0.2, 0) is 22.6 Å². The standard InChI is InChI=1S/C23H21N3O4/c27-22-12-19(23(28)26(22)14-5-6-20-21(11-14)30-10-9-29-20)25-8-7-16-15-3-1-2-4-17(15)24-18(16)13-25/h1-6,11,19,24H,7-10,12-13H2/t19-/m0/s1. The molecule has 1 aromatic heterocycles. The number of carbonyl (C=O) groups excluding carboxylic acids is 2. The average Bonchev–Trinajstić information content (AvgIpc) is 3.29. The van der Waals surface area contributed by atoms with Crippen molar-refractivity contribution < 1.29 is 19.1 Å². The van der Waals surface area contributed by atoms with E-state index in [1.165, 1.54) is 15.8 Å². The van der Waals surface area contributed by atoms with Crippen LogP contribution in [0, 0.1) is 0 Å². The van der Waals surface area contributed by atoms with Gasteiger partial charge in [-0.1, -0.05) is 18.2 Å². The number of imide groups is 1. The molecular weight excluding hydrogens is 382 g/mol. The third-order valence-corrected chi connectivity index (χ3v) is 6.26. The zero-order valence-electron chi connectivity index (χ0n) is 16.4. The van der Waals surface area contributed by atoms with Gasteiger partial charge in [-0.05, 0) is 30.2 Å². The molecule has 7 nitrogen and oxygen atoms in total. The smallest absolute Gasteiger partial charge is 0.251 e. The minimum atomic E-state index is -0.440. The van der Waals surface area contributed by atoms with Crippen molar-refractivity contribution in [3.05, 3.63) is 53.7 Å². The minimum Gasteiger partial charge on any atom is -0.486 e. The van der Waals surface area contributed by atoms with E-state index in [-0.39, 0.29) is 18.2 Å². The summed E-state index contributed by atoms with van der Waals surface area (Å²) in [6, 6.07) is 13.1. The maximum Gasteiger partial charge on any atom is 0.251 e. The van der Waals surface area contributed by atoms with E-state index in [0.717, 1.165) is 24.2 Å². The van der Waals surface area contributed by atoms with Crippen molar-refractivity contribution in [2.75, 3.05) is 24.7 Å². The van der Waals surface area contributed by atoms with Gasteiger partial charge in [-0.2, -0.15) is 0 Å². The van der Waals surface area contributed by atoms with E-state index in [0.29, 0.717) is 36.9 Å². The summed E-state index contributed by atoms with van der Waals surface area (Å²) in [6.45, 7) is 2.36. The number of fused-ring (bicyclic) bond motifs is 4. The summed E-state index contributed by atoms with van der Waals surface area (Å²) < 4.78 is 11.2. The van der Waals surface area contributed by atoms with Gasteiger partial charge in [-0.3, -0.25) is 14.5 Å². The Balaban J connectivity index is 1.27. The first-order chi connectivity index (χ1) is 14.7. The van der Waals surface area contributed by atoms with Crippen LogP contribution in [0.15, 0.2) is 42.5 Å². The van der Waals surface area contributed by atoms with Gasteiger partial charge in [0.15, 0.2) is 11.5 Å². The molecule has 0 unspecified atom stereocenters. The van der Waals surface area contributed by atoms with Crippen LogP contribution >= 0.6 is 0 Å². The van der Waals surface area contributed by atoms with Crippen LogP contribution in [0.25, 0.3) is 10.9 Å². The summed E-state index contributed by atoms with van der Waals surface area (Å²) >= 11 is 0. The maximum atomic E-state index is 13.2. The van der Waals surface area contributed by atoms with Crippen LogP contribution in [0.3, 0.4) is 0 Å². The molecule has 2 amide bonds. The van der Waals surface area contributed by atoms with Gasteiger partial charge in [0.1, 0.15) is 13.2 Å². The summed E-state index contributed by atoms with van der Waals surface area (Å²) in [6.07, 6.45) is 1.06. The van der Waals surface area contributed by atoms with Gasteiger partial charge in [0.2, 0.25) is 5.91 Å². The van der Waals surface area contributed by atoms with E-state index < -0.39 is 6.04 Å². The highest BCUT2D eigenvalue weighted by molar-refractivity contribution is 6.22. The molecule has 0 saturated carbocycles. The second-order valence-electron chi connectivity index (χ2n) is 7.96. The Kier molecular flexibility index (Phi) is 3.86. The lowest BCUT2D eigenvalue weighted by atomic mass is 10.0. The highest BCUT2D eigenvalue weighted by atomic mass is 16.6. The fraction of sp³-hybridized carbons (Fsp3) is 0.304. The molecule has 7 heteroatoms. The Bertz CT molecular complexity index is 1180. The van der Waals surface area contributed by atoms with Crippen LogP contribution in [0.5, 0.6) is 11.5 Å². The van der Waals surface area contributed by atoms with Crippen LogP contribution in [0.2, 0.25) is 0 Å². The number of aromatic amines is 1. The highest BCUT2D eigenvalue weighted by Crippen LogP contribution is 2.37. The van der Waals surface area contributed by atoms with Crippen molar-refractivity contribution in [3.8, 4) is 11.5 Å². The van der Waals surface area contributed by atoms with E-state index in [1.807, 2.05) is 12.1 Å². The monoisotopic (exact) mass is 403 g/mol. The number of hydrogen-bond donors (Lipinski definition) is 1. The van der Waals surface area contributed by atoms with Crippen molar-refractivity contribution >= 4 is 28.4 Å². The van der Waals surface area contributed by atoms with E-state index in [9.17, 15) is 9.59 Å². The van der Waals surface area contributed by atoms with Gasteiger partial charge in [0.25, 0.3) is 5.91 Å². The molecular formula is C23H21N3O4. The molecule has 6 rings (SSSR count). The fourth-order valence-electron chi connectivity index (χ4n) is 4.82. The molecule has 1 saturated heterocycles. The van der Waals surface area contributed by atoms with E-state index >= 15 is 0 Å². The Hall–Kier alpha value is -3.32. The number of carbonyl (C=O) groups is 2. The molecule has 1 N–H and O–H groups in total. The lowest BCUT2D eigenvalue weighted by Crippen LogP contribution is -2.44. The van der Waals surface area contributed by atoms with Gasteiger partial charge in [0, 0.05) is 35.8 Å². The predicted molar refractivity (Wildman–Crippen MR) is 111 cm³/mol. The van der Waals surface area contributed by atoms with Gasteiger partial charge < -0.3 is 14.5 Å². The van der Waals surface area contributed by atoms with Crippen LogP contribution in [0.1, 0.15) is 17.7 Å². The third kappa shape index (κ3) is 2.62. The molecule has 1 atom stereocenters. The number of benzene rings is 2. The zero-order chi connectivity index (χ0) is 20.2. The normalized spacial score (nSPS) is 21.3. The zero-order valence-corrected chi connectivity index (χ0v) is 16.4. The number of anilines is 1. The molecule has 152 valence electrons. The molecule has 0 radical (unpaired) electrons. The molecule has 4 heterocycles. The average molecular weight is 403 g/mol. The minimum absolute atomic E-state index is 0.170. The first kappa shape index (κ1) is 17.5. The van der Waals surface area contributed by atoms with Gasteiger partial charge in [-0.15, -0.1) is 0 Å². The quantitative estimate of drug-likeness (QED) is 0.666. The number of nitrogens with one attached hydrogen (secondary N) is 1. The number of H-pyrrole nitrogens is 1. The summed E-state index contributed by atoms with van der Waals surface area (Å²) in [5.41, 5.74) is 4.12. The van der Waals surface area contributed by atoms with Crippen molar-refractivity contribution in [2.24, 2.45) is 0 Å². The third-order valence-electron chi connectivity index (χ3n) is 6.26. The van der Waals surface area contributed by atoms with E-state index in [1.54, 1.807) is 18.2 Å². The molecule has 30 heavy (non-hydrogen) atoms. The first-order valence-electron chi connectivity index (χ1n) is 10.3. The summed E-state index contributed by atoms with van der Waals surface area (Å²) in [5.74, 6) is 0.867. The highest BCUT2D eigenvalue weighted by Gasteiger charge is 2.44. The van der Waals surface area contributed by atoms with Crippen molar-refractivity contribution in [1.29, 1.82) is 0 Å². The first-order valence-corrected chi connectivity index (χ1v) is 10.3. The Morgan fingerprint density at radius 1 is 1.00 bits per heavy atom. The Morgan fingerprint density at radius 3 is 2.73 bits per heavy atom. The molecule has 2 aromatic carbocycles. The molecule has 0 bridgehead atoms. The summed E-state index contributed by atoms with van der Waals surface area (Å²) in [4.78, 5) is 32.9. The lowest BCUT2D eigenvalue weighted by Gasteiger charge is -2.31. The number of amides is 2. The van der Waals surface area contributed by atoms with Gasteiger partial charge in [0.05, 0.1) is 18.2 Å². The second-order valence-corrected chi connectivity index (χ2v) is 7.96. The maximum absolute atomic E-state index is 13.2. The number of para-hydroxylation sites is 1. The van der Waals surface area contributed by atoms with Crippen molar-refractivity contribution in [3.63, 3.8) is 0 Å². The number of aromatic nitrogens is 1. The van der Waals surface area contributed by atoms with E-state index in [4.69, 9.17) is 9.47 Å². The molecule has 3 aromatic rings. The largest absolute Gasteiger partial charge is 0.486 e. The predicted octanol–water partition coefficient (Wildman–Crippen LogP) is 2.63. The van der Waals surface area contributed by atoms with Crippen LogP contribution in [0.4, 0.5) is 5.69 Å². The molecule has 3 aliphatic heterocycles. The number of nitrogens with zero attached hydrogens (tertiary/aromatic N) is 2. The van der Waals surface area contributed by atoms with E-state index in [2.05, 4.69) is 22.0 Å². The van der Waals surface area contributed by atoms with Crippen LogP contribution < -0.4 is 14.4 Å². The molecule has 0 aliphatic carbocycles. The number of rotatable bonds is 2. The number of hydrogen-bond acceptors (Lipinski definition) is 5. The fourth-order valence-corrected chi connectivity index (χ4v) is 4.82.